The molecule has 0 aliphatic rings. The lowest BCUT2D eigenvalue weighted by atomic mass is 9.97. The Hall–Kier alpha value is -2.80. The summed E-state index contributed by atoms with van der Waals surface area (Å²) in [6, 6.07) is 26.3. The quantitative estimate of drug-likeness (QED) is 0.473. The van der Waals surface area contributed by atoms with Crippen LogP contribution in [0.1, 0.15) is 27.8 Å². The summed E-state index contributed by atoms with van der Waals surface area (Å²) in [6.45, 7) is 2.18. The van der Waals surface area contributed by atoms with Gasteiger partial charge in [0, 0.05) is 17.1 Å². The van der Waals surface area contributed by atoms with Crippen molar-refractivity contribution < 1.29 is 0 Å². The maximum atomic E-state index is 3.36. The number of hydrogen-bond acceptors (Lipinski definition) is 0. The van der Waals surface area contributed by atoms with Gasteiger partial charge in [-0.15, -0.1) is 0 Å². The molecule has 4 rings (SSSR count). The third-order valence-corrected chi connectivity index (χ3v) is 4.92. The summed E-state index contributed by atoms with van der Waals surface area (Å²) in [5, 5.41) is 1.37. The van der Waals surface area contributed by atoms with Gasteiger partial charge in [0.05, 0.1) is 0 Å². The Kier molecular flexibility index (Phi) is 4.39. The lowest BCUT2D eigenvalue weighted by molar-refractivity contribution is 0.955. The molecule has 1 heteroatoms. The molecule has 0 unspecified atom stereocenters. The number of benzene rings is 3. The van der Waals surface area contributed by atoms with Crippen LogP contribution in [0.25, 0.3) is 10.9 Å². The maximum Gasteiger partial charge on any atom is 0.0459 e. The largest absolute Gasteiger partial charge is 0.361 e. The number of rotatable bonds is 5. The zero-order valence-electron chi connectivity index (χ0n) is 14.6. The van der Waals surface area contributed by atoms with Crippen molar-refractivity contribution in [3.8, 4) is 0 Å². The Morgan fingerprint density at radius 3 is 2.32 bits per heavy atom. The van der Waals surface area contributed by atoms with Gasteiger partial charge in [-0.05, 0) is 60.1 Å². The van der Waals surface area contributed by atoms with Gasteiger partial charge in [0.2, 0.25) is 0 Å². The van der Waals surface area contributed by atoms with E-state index in [0.29, 0.717) is 0 Å². The molecule has 25 heavy (non-hydrogen) atoms. The van der Waals surface area contributed by atoms with E-state index >= 15 is 0 Å². The molecular formula is C24H23N. The fourth-order valence-electron chi connectivity index (χ4n) is 3.64. The van der Waals surface area contributed by atoms with Gasteiger partial charge >= 0.3 is 0 Å². The van der Waals surface area contributed by atoms with Gasteiger partial charge in [0.25, 0.3) is 0 Å². The normalized spacial score (nSPS) is 11.1. The number of fused-ring (bicyclic) bond motifs is 1. The molecule has 0 atom stereocenters. The van der Waals surface area contributed by atoms with E-state index < -0.39 is 0 Å². The molecule has 4 aromatic rings. The van der Waals surface area contributed by atoms with Crippen LogP contribution in [0.5, 0.6) is 0 Å². The van der Waals surface area contributed by atoms with Gasteiger partial charge < -0.3 is 4.98 Å². The molecule has 0 spiro atoms. The van der Waals surface area contributed by atoms with Crippen molar-refractivity contribution in [2.24, 2.45) is 0 Å². The topological polar surface area (TPSA) is 15.8 Å². The van der Waals surface area contributed by atoms with Crippen LogP contribution < -0.4 is 0 Å². The minimum Gasteiger partial charge on any atom is -0.361 e. The Morgan fingerprint density at radius 1 is 0.720 bits per heavy atom. The van der Waals surface area contributed by atoms with Gasteiger partial charge in [-0.2, -0.15) is 0 Å². The minimum absolute atomic E-state index is 0.981. The maximum absolute atomic E-state index is 3.36. The van der Waals surface area contributed by atoms with Gasteiger partial charge in [-0.3, -0.25) is 0 Å². The summed E-state index contributed by atoms with van der Waals surface area (Å²) in [6.07, 6.45) is 5.27. The van der Waals surface area contributed by atoms with E-state index in [1.165, 1.54) is 38.7 Å². The zero-order valence-corrected chi connectivity index (χ0v) is 14.6. The second kappa shape index (κ2) is 6.98. The highest BCUT2D eigenvalue weighted by molar-refractivity contribution is 5.86. The van der Waals surface area contributed by atoms with E-state index in [2.05, 4.69) is 90.9 Å². The van der Waals surface area contributed by atoms with Gasteiger partial charge in [0.15, 0.2) is 0 Å². The molecule has 0 radical (unpaired) electrons. The van der Waals surface area contributed by atoms with E-state index in [1.807, 2.05) is 0 Å². The molecule has 0 saturated carbocycles. The first-order valence-electron chi connectivity index (χ1n) is 8.97. The highest BCUT2D eigenvalue weighted by atomic mass is 14.7. The first-order chi connectivity index (χ1) is 12.3. The average molecular weight is 325 g/mol. The second-order valence-corrected chi connectivity index (χ2v) is 6.79. The van der Waals surface area contributed by atoms with Crippen LogP contribution in [0.2, 0.25) is 0 Å². The van der Waals surface area contributed by atoms with Crippen LogP contribution in [-0.4, -0.2) is 4.98 Å². The third kappa shape index (κ3) is 3.51. The molecule has 1 N–H and O–H groups in total. The minimum atomic E-state index is 0.981. The van der Waals surface area contributed by atoms with Gasteiger partial charge in [-0.1, -0.05) is 66.7 Å². The molecule has 3 aromatic carbocycles. The van der Waals surface area contributed by atoms with Crippen molar-refractivity contribution in [2.45, 2.75) is 26.2 Å². The Bertz CT molecular complexity index is 979. The van der Waals surface area contributed by atoms with E-state index in [9.17, 15) is 0 Å². The standard InChI is InChI=1S/C24H23N/c1-18-17-25-23-12-6-11-22(24(18)23)16-21-10-5-9-20(15-21)14-13-19-7-3-2-4-8-19/h2-12,15,17,25H,13-14,16H2,1H3. The molecule has 0 saturated heterocycles. The number of aryl methyl sites for hydroxylation is 3. The summed E-state index contributed by atoms with van der Waals surface area (Å²) in [4.78, 5) is 3.36. The smallest absolute Gasteiger partial charge is 0.0459 e. The number of H-pyrrole nitrogens is 1. The van der Waals surface area contributed by atoms with E-state index in [0.717, 1.165) is 19.3 Å². The van der Waals surface area contributed by atoms with Crippen molar-refractivity contribution in [1.82, 2.24) is 4.98 Å². The molecule has 124 valence electrons. The Morgan fingerprint density at radius 2 is 1.44 bits per heavy atom. The van der Waals surface area contributed by atoms with E-state index in [4.69, 9.17) is 0 Å². The van der Waals surface area contributed by atoms with E-state index in [1.54, 1.807) is 0 Å². The SMILES string of the molecule is Cc1c[nH]c2cccc(Cc3cccc(CCc4ccccc4)c3)c12. The predicted molar refractivity (Wildman–Crippen MR) is 106 cm³/mol. The summed E-state index contributed by atoms with van der Waals surface area (Å²) in [5.41, 5.74) is 8.16. The highest BCUT2D eigenvalue weighted by Crippen LogP contribution is 2.24. The molecule has 0 aliphatic heterocycles. The molecule has 0 amide bonds. The first kappa shape index (κ1) is 15.7. The van der Waals surface area contributed by atoms with Gasteiger partial charge in [0.1, 0.15) is 0 Å². The van der Waals surface area contributed by atoms with Crippen LogP contribution in [-0.2, 0) is 19.3 Å². The number of nitrogens with one attached hydrogen (secondary N) is 1. The summed E-state index contributed by atoms with van der Waals surface area (Å²) >= 11 is 0. The Balaban J connectivity index is 1.54. The number of hydrogen-bond donors (Lipinski definition) is 1. The first-order valence-corrected chi connectivity index (χ1v) is 8.97. The number of aromatic amines is 1. The summed E-state index contributed by atoms with van der Waals surface area (Å²) in [5.74, 6) is 0. The number of aromatic nitrogens is 1. The molecule has 1 nitrogen and oxygen atoms in total. The van der Waals surface area contributed by atoms with Crippen LogP contribution in [0.3, 0.4) is 0 Å². The van der Waals surface area contributed by atoms with Crippen molar-refractivity contribution in [3.05, 3.63) is 107 Å². The molecule has 1 aromatic heterocycles. The van der Waals surface area contributed by atoms with Crippen LogP contribution in [0.4, 0.5) is 0 Å². The summed E-state index contributed by atoms with van der Waals surface area (Å²) in [7, 11) is 0. The van der Waals surface area contributed by atoms with Crippen molar-refractivity contribution in [3.63, 3.8) is 0 Å². The lowest BCUT2D eigenvalue weighted by Crippen LogP contribution is -1.94. The van der Waals surface area contributed by atoms with Crippen molar-refractivity contribution >= 4 is 10.9 Å². The van der Waals surface area contributed by atoms with Crippen molar-refractivity contribution in [1.29, 1.82) is 0 Å². The molecule has 0 fully saturated rings. The van der Waals surface area contributed by atoms with Crippen molar-refractivity contribution in [2.75, 3.05) is 0 Å². The lowest BCUT2D eigenvalue weighted by Gasteiger charge is -2.08. The Labute approximate surface area is 149 Å². The van der Waals surface area contributed by atoms with Crippen LogP contribution >= 0.6 is 0 Å². The zero-order chi connectivity index (χ0) is 17.1. The van der Waals surface area contributed by atoms with Crippen LogP contribution in [0.15, 0.2) is 79.0 Å². The molecule has 1 heterocycles. The predicted octanol–water partition coefficient (Wildman–Crippen LogP) is 5.85. The fourth-order valence-corrected chi connectivity index (χ4v) is 3.64. The van der Waals surface area contributed by atoms with Crippen LogP contribution in [0, 0.1) is 6.92 Å². The van der Waals surface area contributed by atoms with Gasteiger partial charge in [-0.25, -0.2) is 0 Å². The second-order valence-electron chi connectivity index (χ2n) is 6.79. The average Bonchev–Trinajstić information content (AvgIpc) is 3.03. The molecular weight excluding hydrogens is 302 g/mol. The monoisotopic (exact) mass is 325 g/mol. The molecule has 0 bridgehead atoms. The fraction of sp³-hybridized carbons (Fsp3) is 0.167. The summed E-state index contributed by atoms with van der Waals surface area (Å²) < 4.78 is 0. The third-order valence-electron chi connectivity index (χ3n) is 4.92. The highest BCUT2D eigenvalue weighted by Gasteiger charge is 2.07. The van der Waals surface area contributed by atoms with E-state index in [-0.39, 0.29) is 0 Å². The molecule has 0 aliphatic carbocycles.